The predicted octanol–water partition coefficient (Wildman–Crippen LogP) is 4.17. The number of ether oxygens (including phenoxy) is 1. The number of amides is 1. The fourth-order valence-electron chi connectivity index (χ4n) is 2.37. The van der Waals surface area contributed by atoms with E-state index in [1.807, 2.05) is 0 Å². The van der Waals surface area contributed by atoms with Crippen LogP contribution in [0.5, 0.6) is 11.5 Å². The Labute approximate surface area is 158 Å². The van der Waals surface area contributed by atoms with Crippen LogP contribution in [0.1, 0.15) is 26.5 Å². The Morgan fingerprint density at radius 3 is 2.63 bits per heavy atom. The number of benzene rings is 2. The Bertz CT molecular complexity index is 997. The number of rotatable bonds is 6. The molecule has 1 amide bonds. The first kappa shape index (κ1) is 18.3. The second-order valence-corrected chi connectivity index (χ2v) is 5.87. The minimum absolute atomic E-state index is 0.0408. The van der Waals surface area contributed by atoms with Crippen molar-refractivity contribution in [3.8, 4) is 11.5 Å². The number of carbonyl (C=O) groups excluding carboxylic acids is 1. The van der Waals surface area contributed by atoms with Gasteiger partial charge in [0.05, 0.1) is 28.1 Å². The topological polar surface area (TPSA) is 109 Å². The van der Waals surface area contributed by atoms with Gasteiger partial charge in [0.25, 0.3) is 5.91 Å². The van der Waals surface area contributed by atoms with E-state index in [1.54, 1.807) is 24.3 Å². The zero-order chi connectivity index (χ0) is 19.4. The summed E-state index contributed by atoms with van der Waals surface area (Å²) in [4.78, 5) is 23.8. The van der Waals surface area contributed by atoms with Gasteiger partial charge in [-0.3, -0.25) is 4.79 Å². The lowest BCUT2D eigenvalue weighted by molar-refractivity contribution is 0.0697. The summed E-state index contributed by atoms with van der Waals surface area (Å²) in [6.45, 7) is -0.0408. The molecule has 8 heteroatoms. The summed E-state index contributed by atoms with van der Waals surface area (Å²) in [5, 5.41) is 21.6. The van der Waals surface area contributed by atoms with E-state index in [4.69, 9.17) is 20.8 Å². The van der Waals surface area contributed by atoms with Crippen LogP contribution < -0.4 is 10.1 Å². The number of hydrogen-bond acceptors (Lipinski definition) is 5. The van der Waals surface area contributed by atoms with Crippen LogP contribution in [0.25, 0.3) is 0 Å². The van der Waals surface area contributed by atoms with Gasteiger partial charge in [0.2, 0.25) is 0 Å². The van der Waals surface area contributed by atoms with E-state index in [2.05, 4.69) is 5.32 Å². The van der Waals surface area contributed by atoms with Crippen molar-refractivity contribution in [3.63, 3.8) is 0 Å². The van der Waals surface area contributed by atoms with Crippen LogP contribution in [0.4, 0.5) is 5.69 Å². The Morgan fingerprint density at radius 1 is 1.11 bits per heavy atom. The number of aromatic carboxylic acids is 1. The monoisotopic (exact) mass is 387 g/mol. The van der Waals surface area contributed by atoms with E-state index in [9.17, 15) is 19.8 Å². The minimum Gasteiger partial charge on any atom is -0.508 e. The van der Waals surface area contributed by atoms with Crippen molar-refractivity contribution in [1.82, 2.24) is 0 Å². The number of anilines is 1. The molecule has 1 heterocycles. The SMILES string of the molecule is O=C(O)c1cc(O)ccc1NC(=O)c1ccoc1COc1ccccc1Cl. The summed E-state index contributed by atoms with van der Waals surface area (Å²) in [5.41, 5.74) is -0.00310. The number of halogens is 1. The van der Waals surface area contributed by atoms with Crippen molar-refractivity contribution in [2.75, 3.05) is 5.32 Å². The van der Waals surface area contributed by atoms with Crippen LogP contribution in [0.15, 0.2) is 59.2 Å². The molecule has 0 aliphatic rings. The molecule has 0 radical (unpaired) electrons. The Balaban J connectivity index is 1.77. The zero-order valence-corrected chi connectivity index (χ0v) is 14.6. The van der Waals surface area contributed by atoms with Gasteiger partial charge in [-0.25, -0.2) is 4.79 Å². The third-order valence-electron chi connectivity index (χ3n) is 3.67. The molecule has 0 bridgehead atoms. The summed E-state index contributed by atoms with van der Waals surface area (Å²) in [7, 11) is 0. The first-order chi connectivity index (χ1) is 13.0. The highest BCUT2D eigenvalue weighted by atomic mass is 35.5. The smallest absolute Gasteiger partial charge is 0.337 e. The molecule has 0 spiro atoms. The van der Waals surface area contributed by atoms with Crippen LogP contribution >= 0.6 is 11.6 Å². The molecule has 27 heavy (non-hydrogen) atoms. The molecule has 0 aliphatic heterocycles. The van der Waals surface area contributed by atoms with E-state index in [0.29, 0.717) is 10.8 Å². The van der Waals surface area contributed by atoms with Gasteiger partial charge in [-0.1, -0.05) is 23.7 Å². The molecule has 0 unspecified atom stereocenters. The fourth-order valence-corrected chi connectivity index (χ4v) is 2.56. The Hall–Kier alpha value is -3.45. The van der Waals surface area contributed by atoms with Gasteiger partial charge in [-0.15, -0.1) is 0 Å². The Morgan fingerprint density at radius 2 is 1.89 bits per heavy atom. The lowest BCUT2D eigenvalue weighted by Gasteiger charge is -2.10. The molecule has 3 N–H and O–H groups in total. The number of phenols is 1. The summed E-state index contributed by atoms with van der Waals surface area (Å²) >= 11 is 6.02. The molecular weight excluding hydrogens is 374 g/mol. The van der Waals surface area contributed by atoms with Crippen molar-refractivity contribution in [2.45, 2.75) is 6.61 Å². The third-order valence-corrected chi connectivity index (χ3v) is 3.98. The molecule has 0 saturated carbocycles. The Kier molecular flexibility index (Phi) is 5.33. The molecule has 3 rings (SSSR count). The van der Waals surface area contributed by atoms with Crippen molar-refractivity contribution in [1.29, 1.82) is 0 Å². The molecule has 0 saturated heterocycles. The summed E-state index contributed by atoms with van der Waals surface area (Å²) in [6.07, 6.45) is 1.33. The normalized spacial score (nSPS) is 10.4. The van der Waals surface area contributed by atoms with Crippen LogP contribution in [0.3, 0.4) is 0 Å². The first-order valence-corrected chi connectivity index (χ1v) is 8.15. The number of nitrogens with one attached hydrogen (secondary N) is 1. The summed E-state index contributed by atoms with van der Waals surface area (Å²) < 4.78 is 10.9. The lowest BCUT2D eigenvalue weighted by atomic mass is 10.1. The first-order valence-electron chi connectivity index (χ1n) is 7.77. The van der Waals surface area contributed by atoms with Crippen molar-refractivity contribution in [3.05, 3.63) is 76.7 Å². The van der Waals surface area contributed by atoms with Crippen LogP contribution in [-0.2, 0) is 6.61 Å². The second kappa shape index (κ2) is 7.84. The maximum Gasteiger partial charge on any atom is 0.337 e. The van der Waals surface area contributed by atoms with Gasteiger partial charge < -0.3 is 24.7 Å². The van der Waals surface area contributed by atoms with E-state index in [0.717, 1.165) is 6.07 Å². The molecule has 3 aromatic rings. The van der Waals surface area contributed by atoms with Gasteiger partial charge in [0, 0.05) is 0 Å². The highest BCUT2D eigenvalue weighted by Gasteiger charge is 2.19. The molecule has 0 fully saturated rings. The van der Waals surface area contributed by atoms with Gasteiger partial charge >= 0.3 is 5.97 Å². The van der Waals surface area contributed by atoms with Crippen molar-refractivity contribution < 1.29 is 29.0 Å². The highest BCUT2D eigenvalue weighted by Crippen LogP contribution is 2.26. The van der Waals surface area contributed by atoms with Gasteiger partial charge in [0.1, 0.15) is 18.1 Å². The van der Waals surface area contributed by atoms with E-state index in [-0.39, 0.29) is 34.9 Å². The van der Waals surface area contributed by atoms with Gasteiger partial charge in [-0.2, -0.15) is 0 Å². The third kappa shape index (κ3) is 4.21. The average Bonchev–Trinajstić information content (AvgIpc) is 3.11. The molecule has 0 atom stereocenters. The number of aromatic hydroxyl groups is 1. The molecule has 1 aromatic heterocycles. The quantitative estimate of drug-likeness (QED) is 0.548. The number of carboxylic acid groups (broad SMARTS) is 1. The number of hydrogen-bond donors (Lipinski definition) is 3. The van der Waals surface area contributed by atoms with E-state index >= 15 is 0 Å². The zero-order valence-electron chi connectivity index (χ0n) is 13.8. The fraction of sp³-hybridized carbons (Fsp3) is 0.0526. The van der Waals surface area contributed by atoms with Crippen molar-refractivity contribution >= 4 is 29.2 Å². The van der Waals surface area contributed by atoms with Crippen LogP contribution in [0.2, 0.25) is 5.02 Å². The summed E-state index contributed by atoms with van der Waals surface area (Å²) in [6, 6.07) is 11.9. The predicted molar refractivity (Wildman–Crippen MR) is 97.5 cm³/mol. The number of furan rings is 1. The van der Waals surface area contributed by atoms with Gasteiger partial charge in [-0.05, 0) is 36.4 Å². The lowest BCUT2D eigenvalue weighted by Crippen LogP contribution is -2.16. The van der Waals surface area contributed by atoms with Crippen molar-refractivity contribution in [2.24, 2.45) is 0 Å². The number of phenolic OH excluding ortho intramolecular Hbond substituents is 1. The maximum atomic E-state index is 12.5. The van der Waals surface area contributed by atoms with Gasteiger partial charge in [0.15, 0.2) is 5.76 Å². The number of carbonyl (C=O) groups is 2. The molecule has 138 valence electrons. The minimum atomic E-state index is -1.28. The molecule has 0 aliphatic carbocycles. The van der Waals surface area contributed by atoms with Crippen LogP contribution in [0, 0.1) is 0 Å². The second-order valence-electron chi connectivity index (χ2n) is 5.47. The average molecular weight is 388 g/mol. The molecule has 7 nitrogen and oxygen atoms in total. The van der Waals surface area contributed by atoms with E-state index in [1.165, 1.54) is 24.5 Å². The largest absolute Gasteiger partial charge is 0.508 e. The standard InChI is InChI=1S/C19H14ClNO6/c20-14-3-1-2-4-16(14)27-10-17-12(7-8-26-17)18(23)21-15-6-5-11(22)9-13(15)19(24)25/h1-9,22H,10H2,(H,21,23)(H,24,25). The van der Waals surface area contributed by atoms with Crippen LogP contribution in [-0.4, -0.2) is 22.1 Å². The van der Waals surface area contributed by atoms with E-state index < -0.39 is 11.9 Å². The molecular formula is C19H14ClNO6. The molecule has 2 aromatic carbocycles. The maximum absolute atomic E-state index is 12.5. The number of para-hydroxylation sites is 1. The number of carboxylic acids is 1. The highest BCUT2D eigenvalue weighted by molar-refractivity contribution is 6.32. The summed E-state index contributed by atoms with van der Waals surface area (Å²) in [5.74, 6) is -1.38.